The van der Waals surface area contributed by atoms with Crippen LogP contribution in [0.1, 0.15) is 35.6 Å². The van der Waals surface area contributed by atoms with Crippen molar-refractivity contribution < 1.29 is 9.66 Å². The number of nitrogens with zero attached hydrogens (tertiary/aromatic N) is 1. The number of hydrogen-bond acceptors (Lipinski definition) is 4. The molecule has 2 atom stereocenters. The maximum absolute atomic E-state index is 11.4. The maximum Gasteiger partial charge on any atom is 0.275 e. The summed E-state index contributed by atoms with van der Waals surface area (Å²) in [5.41, 5.74) is 3.52. The molecule has 4 rings (SSSR count). The molecule has 1 spiro atoms. The standard InChI is InChI=1S/C19H20N2O3/c22-21(23)17-8-4-2-6-15(17)18-11-19(9-10-24-18)13-20-12-14-5-1-3-7-16(14)19/h1-8,18,20H,9-13H2. The first kappa shape index (κ1) is 15.3. The third kappa shape index (κ3) is 2.50. The molecule has 0 bridgehead atoms. The van der Waals surface area contributed by atoms with E-state index in [0.717, 1.165) is 25.9 Å². The van der Waals surface area contributed by atoms with E-state index < -0.39 is 0 Å². The lowest BCUT2D eigenvalue weighted by molar-refractivity contribution is -0.386. The van der Waals surface area contributed by atoms with Crippen LogP contribution < -0.4 is 5.32 Å². The number of nitro groups is 1. The Morgan fingerprint density at radius 2 is 1.96 bits per heavy atom. The third-order valence-corrected chi connectivity index (χ3v) is 5.32. The molecule has 2 unspecified atom stereocenters. The van der Waals surface area contributed by atoms with E-state index in [-0.39, 0.29) is 22.1 Å². The molecule has 2 aromatic rings. The molecule has 2 aliphatic rings. The average molecular weight is 324 g/mol. The van der Waals surface area contributed by atoms with Crippen molar-refractivity contribution in [2.45, 2.75) is 30.9 Å². The number of nitrogens with one attached hydrogen (secondary N) is 1. The quantitative estimate of drug-likeness (QED) is 0.678. The number of ether oxygens (including phenoxy) is 1. The number of hydrogen-bond donors (Lipinski definition) is 1. The lowest BCUT2D eigenvalue weighted by Gasteiger charge is -2.45. The fraction of sp³-hybridized carbons (Fsp3) is 0.368. The summed E-state index contributed by atoms with van der Waals surface area (Å²) in [7, 11) is 0. The zero-order valence-electron chi connectivity index (χ0n) is 13.4. The second-order valence-electron chi connectivity index (χ2n) is 6.67. The van der Waals surface area contributed by atoms with Gasteiger partial charge in [-0.25, -0.2) is 0 Å². The van der Waals surface area contributed by atoms with Gasteiger partial charge in [-0.1, -0.05) is 36.4 Å². The van der Waals surface area contributed by atoms with Crippen LogP contribution in [0.25, 0.3) is 0 Å². The summed E-state index contributed by atoms with van der Waals surface area (Å²) < 4.78 is 5.97. The minimum absolute atomic E-state index is 0.0124. The number of fused-ring (bicyclic) bond motifs is 2. The van der Waals surface area contributed by atoms with Gasteiger partial charge in [0, 0.05) is 31.2 Å². The Morgan fingerprint density at radius 3 is 2.83 bits per heavy atom. The van der Waals surface area contributed by atoms with Gasteiger partial charge in [0.05, 0.1) is 16.6 Å². The maximum atomic E-state index is 11.4. The van der Waals surface area contributed by atoms with Crippen LogP contribution in [0.5, 0.6) is 0 Å². The molecule has 0 aromatic heterocycles. The molecule has 0 aliphatic carbocycles. The Labute approximate surface area is 140 Å². The van der Waals surface area contributed by atoms with Gasteiger partial charge in [-0.15, -0.1) is 0 Å². The van der Waals surface area contributed by atoms with E-state index in [9.17, 15) is 10.1 Å². The highest BCUT2D eigenvalue weighted by Crippen LogP contribution is 2.46. The van der Waals surface area contributed by atoms with Gasteiger partial charge >= 0.3 is 0 Å². The molecule has 0 saturated carbocycles. The Bertz CT molecular complexity index is 777. The van der Waals surface area contributed by atoms with E-state index in [4.69, 9.17) is 4.74 Å². The molecule has 5 nitrogen and oxygen atoms in total. The van der Waals surface area contributed by atoms with Crippen LogP contribution in [0.4, 0.5) is 5.69 Å². The van der Waals surface area contributed by atoms with Gasteiger partial charge in [-0.05, 0) is 30.0 Å². The van der Waals surface area contributed by atoms with Gasteiger partial charge in [0.2, 0.25) is 0 Å². The van der Waals surface area contributed by atoms with Crippen molar-refractivity contribution in [1.29, 1.82) is 0 Å². The molecular formula is C19H20N2O3. The molecule has 24 heavy (non-hydrogen) atoms. The average Bonchev–Trinajstić information content (AvgIpc) is 2.62. The first-order chi connectivity index (χ1) is 11.7. The monoisotopic (exact) mass is 324 g/mol. The van der Waals surface area contributed by atoms with Gasteiger partial charge in [0.25, 0.3) is 5.69 Å². The highest BCUT2D eigenvalue weighted by molar-refractivity contribution is 5.43. The largest absolute Gasteiger partial charge is 0.373 e. The smallest absolute Gasteiger partial charge is 0.275 e. The Hall–Kier alpha value is -2.24. The molecule has 1 fully saturated rings. The lowest BCUT2D eigenvalue weighted by Crippen LogP contribution is -2.47. The molecule has 5 heteroatoms. The minimum atomic E-state index is -0.312. The predicted octanol–water partition coefficient (Wildman–Crippen LogP) is 3.49. The van der Waals surface area contributed by atoms with Crippen LogP contribution in [0, 0.1) is 10.1 Å². The van der Waals surface area contributed by atoms with Crippen LogP contribution in [-0.4, -0.2) is 18.1 Å². The second kappa shape index (κ2) is 6.00. The molecular weight excluding hydrogens is 304 g/mol. The summed E-state index contributed by atoms with van der Waals surface area (Å²) >= 11 is 0. The van der Waals surface area contributed by atoms with Crippen LogP contribution in [0.15, 0.2) is 48.5 Å². The van der Waals surface area contributed by atoms with E-state index in [2.05, 4.69) is 29.6 Å². The molecule has 1 N–H and O–H groups in total. The van der Waals surface area contributed by atoms with E-state index >= 15 is 0 Å². The summed E-state index contributed by atoms with van der Waals surface area (Å²) in [6.45, 7) is 2.40. The summed E-state index contributed by atoms with van der Waals surface area (Å²) in [6, 6.07) is 15.5. The summed E-state index contributed by atoms with van der Waals surface area (Å²) in [6.07, 6.45) is 1.46. The summed E-state index contributed by atoms with van der Waals surface area (Å²) in [4.78, 5) is 11.1. The topological polar surface area (TPSA) is 64.4 Å². The number of para-hydroxylation sites is 1. The van der Waals surface area contributed by atoms with Crippen molar-refractivity contribution in [3.63, 3.8) is 0 Å². The van der Waals surface area contributed by atoms with Crippen molar-refractivity contribution in [2.75, 3.05) is 13.2 Å². The lowest BCUT2D eigenvalue weighted by atomic mass is 9.68. The van der Waals surface area contributed by atoms with Crippen molar-refractivity contribution in [2.24, 2.45) is 0 Å². The van der Waals surface area contributed by atoms with Crippen molar-refractivity contribution in [1.82, 2.24) is 5.32 Å². The highest BCUT2D eigenvalue weighted by Gasteiger charge is 2.42. The van der Waals surface area contributed by atoms with Crippen LogP contribution in [0.2, 0.25) is 0 Å². The zero-order chi connectivity index (χ0) is 16.6. The molecule has 0 radical (unpaired) electrons. The van der Waals surface area contributed by atoms with E-state index in [1.165, 1.54) is 11.1 Å². The van der Waals surface area contributed by atoms with Gasteiger partial charge in [-0.2, -0.15) is 0 Å². The van der Waals surface area contributed by atoms with Crippen LogP contribution in [-0.2, 0) is 16.7 Å². The van der Waals surface area contributed by atoms with E-state index in [1.54, 1.807) is 12.1 Å². The minimum Gasteiger partial charge on any atom is -0.373 e. The Balaban J connectivity index is 1.72. The number of benzene rings is 2. The fourth-order valence-corrected chi connectivity index (χ4v) is 4.17. The SMILES string of the molecule is O=[N+]([O-])c1ccccc1C1CC2(CCO1)CNCc1ccccc12. The fourth-order valence-electron chi connectivity index (χ4n) is 4.17. The highest BCUT2D eigenvalue weighted by atomic mass is 16.6. The second-order valence-corrected chi connectivity index (χ2v) is 6.67. The number of nitro benzene ring substituents is 1. The molecule has 1 saturated heterocycles. The number of rotatable bonds is 2. The third-order valence-electron chi connectivity index (χ3n) is 5.32. The van der Waals surface area contributed by atoms with Crippen molar-refractivity contribution >= 4 is 5.69 Å². The molecule has 0 amide bonds. The molecule has 2 heterocycles. The normalized spacial score (nSPS) is 26.1. The van der Waals surface area contributed by atoms with Gasteiger partial charge < -0.3 is 10.1 Å². The summed E-state index contributed by atoms with van der Waals surface area (Å²) in [5, 5.41) is 14.9. The van der Waals surface area contributed by atoms with Gasteiger partial charge in [0.15, 0.2) is 0 Å². The summed E-state index contributed by atoms with van der Waals surface area (Å²) in [5.74, 6) is 0. The molecule has 2 aromatic carbocycles. The van der Waals surface area contributed by atoms with Crippen molar-refractivity contribution in [3.05, 3.63) is 75.3 Å². The van der Waals surface area contributed by atoms with Crippen molar-refractivity contribution in [3.8, 4) is 0 Å². The first-order valence-electron chi connectivity index (χ1n) is 8.34. The Morgan fingerprint density at radius 1 is 1.17 bits per heavy atom. The Kier molecular flexibility index (Phi) is 3.82. The zero-order valence-corrected chi connectivity index (χ0v) is 13.4. The van der Waals surface area contributed by atoms with Gasteiger partial charge in [-0.3, -0.25) is 10.1 Å². The van der Waals surface area contributed by atoms with Crippen LogP contribution >= 0.6 is 0 Å². The predicted molar refractivity (Wildman–Crippen MR) is 90.9 cm³/mol. The molecule has 124 valence electrons. The van der Waals surface area contributed by atoms with E-state index in [1.807, 2.05) is 12.1 Å². The van der Waals surface area contributed by atoms with Crippen LogP contribution in [0.3, 0.4) is 0 Å². The molecule has 2 aliphatic heterocycles. The van der Waals surface area contributed by atoms with Gasteiger partial charge in [0.1, 0.15) is 0 Å². The first-order valence-corrected chi connectivity index (χ1v) is 8.34. The van der Waals surface area contributed by atoms with E-state index in [0.29, 0.717) is 12.2 Å².